The Morgan fingerprint density at radius 1 is 1.32 bits per heavy atom. The Balaban J connectivity index is 1.57. The highest BCUT2D eigenvalue weighted by Gasteiger charge is 2.16. The largest absolute Gasteiger partial charge is 0.440 e. The fourth-order valence-electron chi connectivity index (χ4n) is 1.90. The Labute approximate surface area is 121 Å². The molecule has 0 amide bonds. The van der Waals surface area contributed by atoms with Crippen molar-refractivity contribution in [2.75, 3.05) is 18.8 Å². The summed E-state index contributed by atoms with van der Waals surface area (Å²) < 4.78 is 5.75. The molecule has 1 fully saturated rings. The van der Waals surface area contributed by atoms with Crippen molar-refractivity contribution >= 4 is 23.4 Å². The van der Waals surface area contributed by atoms with Crippen LogP contribution in [0.4, 0.5) is 0 Å². The summed E-state index contributed by atoms with van der Waals surface area (Å²) in [6.45, 7) is 2.29. The molecule has 0 bridgehead atoms. The summed E-state index contributed by atoms with van der Waals surface area (Å²) in [6, 6.07) is 7.61. The maximum Gasteiger partial charge on any atom is 0.204 e. The molecular formula is C14H15ClN2OS. The molecule has 3 nitrogen and oxygen atoms in total. The number of aromatic nitrogens is 1. The zero-order valence-electron chi connectivity index (χ0n) is 10.4. The van der Waals surface area contributed by atoms with Crippen LogP contribution in [0.1, 0.15) is 5.89 Å². The van der Waals surface area contributed by atoms with Gasteiger partial charge < -0.3 is 9.73 Å². The molecule has 0 saturated carbocycles. The molecule has 1 aliphatic rings. The number of oxazole rings is 1. The van der Waals surface area contributed by atoms with E-state index in [1.807, 2.05) is 36.0 Å². The molecule has 1 N–H and O–H groups in total. The van der Waals surface area contributed by atoms with Crippen LogP contribution in [0.5, 0.6) is 0 Å². The molecule has 0 aliphatic carbocycles. The first-order valence-corrected chi connectivity index (χ1v) is 7.83. The molecule has 100 valence electrons. The van der Waals surface area contributed by atoms with Crippen LogP contribution < -0.4 is 5.32 Å². The van der Waals surface area contributed by atoms with E-state index < -0.39 is 0 Å². The van der Waals surface area contributed by atoms with E-state index in [1.165, 1.54) is 5.75 Å². The van der Waals surface area contributed by atoms with Gasteiger partial charge in [0.25, 0.3) is 0 Å². The zero-order valence-corrected chi connectivity index (χ0v) is 12.0. The van der Waals surface area contributed by atoms with E-state index >= 15 is 0 Å². The molecule has 0 atom stereocenters. The van der Waals surface area contributed by atoms with Gasteiger partial charge >= 0.3 is 0 Å². The highest BCUT2D eigenvalue weighted by molar-refractivity contribution is 7.98. The summed E-state index contributed by atoms with van der Waals surface area (Å²) in [4.78, 5) is 4.32. The molecule has 2 heterocycles. The first-order valence-electron chi connectivity index (χ1n) is 6.30. The lowest BCUT2D eigenvalue weighted by Gasteiger charge is -2.26. The average molecular weight is 295 g/mol. The average Bonchev–Trinajstić information content (AvgIpc) is 2.82. The predicted molar refractivity (Wildman–Crippen MR) is 79.5 cm³/mol. The smallest absolute Gasteiger partial charge is 0.204 e. The number of halogens is 1. The lowest BCUT2D eigenvalue weighted by Crippen LogP contribution is -2.43. The second-order valence-electron chi connectivity index (χ2n) is 4.66. The quantitative estimate of drug-likeness (QED) is 0.916. The number of benzene rings is 1. The number of nitrogens with one attached hydrogen (secondary N) is 1. The second kappa shape index (κ2) is 5.99. The van der Waals surface area contributed by atoms with Gasteiger partial charge in [-0.15, -0.1) is 0 Å². The minimum absolute atomic E-state index is 0.730. The van der Waals surface area contributed by atoms with Crippen molar-refractivity contribution in [3.63, 3.8) is 0 Å². The maximum atomic E-state index is 5.87. The topological polar surface area (TPSA) is 38.1 Å². The summed E-state index contributed by atoms with van der Waals surface area (Å²) in [5, 5.41) is 4.01. The Morgan fingerprint density at radius 2 is 2.11 bits per heavy atom. The molecule has 3 rings (SSSR count). The molecule has 5 heteroatoms. The maximum absolute atomic E-state index is 5.87. The van der Waals surface area contributed by atoms with Gasteiger partial charge in [0.1, 0.15) is 0 Å². The molecule has 1 saturated heterocycles. The van der Waals surface area contributed by atoms with Crippen molar-refractivity contribution < 1.29 is 4.42 Å². The van der Waals surface area contributed by atoms with Crippen LogP contribution in [0, 0.1) is 5.92 Å². The standard InChI is InChI=1S/C14H15ClN2OS/c15-12-3-1-11(2-4-12)13-7-17-14(18-13)9-19-8-10-5-16-6-10/h1-4,7,10,16H,5-6,8-9H2. The van der Waals surface area contributed by atoms with Crippen molar-refractivity contribution in [3.05, 3.63) is 41.4 Å². The van der Waals surface area contributed by atoms with Crippen molar-refractivity contribution in [2.24, 2.45) is 5.92 Å². The number of hydrogen-bond donors (Lipinski definition) is 1. The van der Waals surface area contributed by atoms with Gasteiger partial charge in [-0.2, -0.15) is 11.8 Å². The summed E-state index contributed by atoms with van der Waals surface area (Å²) in [6.07, 6.45) is 1.78. The molecule has 19 heavy (non-hydrogen) atoms. The third kappa shape index (κ3) is 3.32. The molecule has 0 spiro atoms. The monoisotopic (exact) mass is 294 g/mol. The van der Waals surface area contributed by atoms with Gasteiger partial charge in [0, 0.05) is 10.6 Å². The summed E-state index contributed by atoms with van der Waals surface area (Å²) >= 11 is 7.75. The number of rotatable bonds is 5. The van der Waals surface area contributed by atoms with E-state index in [9.17, 15) is 0 Å². The van der Waals surface area contributed by atoms with E-state index in [-0.39, 0.29) is 0 Å². The van der Waals surface area contributed by atoms with Crippen LogP contribution in [0.25, 0.3) is 11.3 Å². The van der Waals surface area contributed by atoms with E-state index in [1.54, 1.807) is 6.20 Å². The SMILES string of the molecule is Clc1ccc(-c2cnc(CSCC3CNC3)o2)cc1. The first-order chi connectivity index (χ1) is 9.31. The molecule has 0 radical (unpaired) electrons. The number of nitrogens with zero attached hydrogens (tertiary/aromatic N) is 1. The van der Waals surface area contributed by atoms with Crippen molar-refractivity contribution in [1.82, 2.24) is 10.3 Å². The minimum atomic E-state index is 0.730. The summed E-state index contributed by atoms with van der Waals surface area (Å²) in [5.41, 5.74) is 1.01. The Kier molecular flexibility index (Phi) is 4.11. The van der Waals surface area contributed by atoms with E-state index in [4.69, 9.17) is 16.0 Å². The zero-order chi connectivity index (χ0) is 13.1. The lowest BCUT2D eigenvalue weighted by atomic mass is 10.1. The Bertz CT molecular complexity index is 537. The van der Waals surface area contributed by atoms with Gasteiger partial charge in [0.05, 0.1) is 11.9 Å². The molecular weight excluding hydrogens is 280 g/mol. The number of thioether (sulfide) groups is 1. The summed E-state index contributed by atoms with van der Waals surface area (Å²) in [7, 11) is 0. The van der Waals surface area contributed by atoms with E-state index in [2.05, 4.69) is 10.3 Å². The van der Waals surface area contributed by atoms with Crippen molar-refractivity contribution in [1.29, 1.82) is 0 Å². The van der Waals surface area contributed by atoms with E-state index in [0.717, 1.165) is 47.0 Å². The van der Waals surface area contributed by atoms with Crippen LogP contribution in [0.3, 0.4) is 0 Å². The van der Waals surface area contributed by atoms with Gasteiger partial charge in [0.2, 0.25) is 5.89 Å². The second-order valence-corrected chi connectivity index (χ2v) is 6.13. The molecule has 1 aliphatic heterocycles. The highest BCUT2D eigenvalue weighted by atomic mass is 35.5. The van der Waals surface area contributed by atoms with Crippen LogP contribution in [0.15, 0.2) is 34.9 Å². The van der Waals surface area contributed by atoms with E-state index in [0.29, 0.717) is 0 Å². The van der Waals surface area contributed by atoms with Crippen LogP contribution in [-0.2, 0) is 5.75 Å². The van der Waals surface area contributed by atoms with Crippen LogP contribution in [0.2, 0.25) is 5.02 Å². The van der Waals surface area contributed by atoms with Gasteiger partial charge in [-0.1, -0.05) is 11.6 Å². The third-order valence-electron chi connectivity index (χ3n) is 3.13. The molecule has 1 aromatic heterocycles. The fourth-order valence-corrected chi connectivity index (χ4v) is 3.02. The Morgan fingerprint density at radius 3 is 2.79 bits per heavy atom. The molecule has 1 aromatic carbocycles. The lowest BCUT2D eigenvalue weighted by molar-refractivity contribution is 0.385. The van der Waals surface area contributed by atoms with Crippen LogP contribution >= 0.6 is 23.4 Å². The fraction of sp³-hybridized carbons (Fsp3) is 0.357. The number of hydrogen-bond acceptors (Lipinski definition) is 4. The van der Waals surface area contributed by atoms with Gasteiger partial charge in [-0.05, 0) is 49.0 Å². The van der Waals surface area contributed by atoms with Gasteiger partial charge in [-0.3, -0.25) is 0 Å². The normalized spacial score (nSPS) is 15.4. The predicted octanol–water partition coefficient (Wildman–Crippen LogP) is 3.45. The molecule has 2 aromatic rings. The third-order valence-corrected chi connectivity index (χ3v) is 4.54. The van der Waals surface area contributed by atoms with Crippen molar-refractivity contribution in [2.45, 2.75) is 5.75 Å². The first kappa shape index (κ1) is 13.0. The van der Waals surface area contributed by atoms with Gasteiger partial charge in [0.15, 0.2) is 5.76 Å². The van der Waals surface area contributed by atoms with Crippen molar-refractivity contribution in [3.8, 4) is 11.3 Å². The highest BCUT2D eigenvalue weighted by Crippen LogP contribution is 2.24. The molecule has 0 unspecified atom stereocenters. The summed E-state index contributed by atoms with van der Waals surface area (Å²) in [5.74, 6) is 4.42. The minimum Gasteiger partial charge on any atom is -0.440 e. The van der Waals surface area contributed by atoms with Gasteiger partial charge in [-0.25, -0.2) is 4.98 Å². The Hall–Kier alpha value is -0.970. The van der Waals surface area contributed by atoms with Crippen LogP contribution in [-0.4, -0.2) is 23.8 Å².